The van der Waals surface area contributed by atoms with Crippen molar-refractivity contribution >= 4 is 5.91 Å². The molecule has 4 aliphatic heterocycles. The summed E-state index contributed by atoms with van der Waals surface area (Å²) in [5.74, 6) is 2.35. The average Bonchev–Trinajstić information content (AvgIpc) is 3.35. The van der Waals surface area contributed by atoms with Crippen molar-refractivity contribution in [2.24, 2.45) is 17.8 Å². The molecule has 0 bridgehead atoms. The summed E-state index contributed by atoms with van der Waals surface area (Å²) in [6, 6.07) is 0.473. The molecule has 5 aliphatic rings. The normalized spacial score (nSPS) is 37.3. The zero-order chi connectivity index (χ0) is 22.5. The molecule has 4 heterocycles. The first-order valence-electron chi connectivity index (χ1n) is 14.3. The number of nitrogens with one attached hydrogen (secondary N) is 1. The first-order chi connectivity index (χ1) is 16.3. The van der Waals surface area contributed by atoms with Crippen LogP contribution in [0.2, 0.25) is 0 Å². The fraction of sp³-hybridized carbons (Fsp3) is 0.962. The number of hydroxylamine groups is 1. The van der Waals surface area contributed by atoms with Crippen LogP contribution in [0.5, 0.6) is 0 Å². The number of rotatable bonds is 6. The van der Waals surface area contributed by atoms with Gasteiger partial charge in [0.05, 0.1) is 25.7 Å². The van der Waals surface area contributed by atoms with Crippen molar-refractivity contribution in [2.75, 3.05) is 45.8 Å². The zero-order valence-electron chi connectivity index (χ0n) is 20.8. The highest BCUT2D eigenvalue weighted by atomic mass is 16.7. The highest BCUT2D eigenvalue weighted by Gasteiger charge is 2.38. The summed E-state index contributed by atoms with van der Waals surface area (Å²) in [4.78, 5) is 24.1. The van der Waals surface area contributed by atoms with Crippen LogP contribution < -0.4 is 16.1 Å². The van der Waals surface area contributed by atoms with E-state index < -0.39 is 0 Å². The third-order valence-corrected chi connectivity index (χ3v) is 9.51. The van der Waals surface area contributed by atoms with Gasteiger partial charge in [0, 0.05) is 57.4 Å². The summed E-state index contributed by atoms with van der Waals surface area (Å²) in [5, 5.41) is 4.99. The Bertz CT molecular complexity index is 614. The van der Waals surface area contributed by atoms with Gasteiger partial charge < -0.3 is 15.5 Å². The van der Waals surface area contributed by atoms with Crippen LogP contribution in [-0.2, 0) is 9.63 Å². The molecule has 5 atom stereocenters. The standard InChI is InChI=1S/C26H47N5O2/c32-26(31-14-12-30(13-15-31)25-8-4-5-10-28-25)17-21-9-11-27-19-22(21)16-23-18-24(33-29-23)20-6-2-1-3-7-20/h20-25,27-29H,1-19H2/p+2/t21-,22+,23?,24?,25?/m0/s1. The first kappa shape index (κ1) is 24.0. The molecule has 188 valence electrons. The van der Waals surface area contributed by atoms with Crippen LogP contribution in [0.15, 0.2) is 0 Å². The minimum Gasteiger partial charge on any atom is -0.346 e. The molecule has 1 saturated carbocycles. The SMILES string of the molecule is O=C(C[C@@H]1CC[NH2+]C[C@H]1CC1CC(C2CCCCC2)ON1)N1CCN(C2CCCC[NH2+]2)CC1. The number of hydrogen-bond acceptors (Lipinski definition) is 4. The average molecular weight is 464 g/mol. The van der Waals surface area contributed by atoms with Crippen molar-refractivity contribution in [1.29, 1.82) is 0 Å². The third kappa shape index (κ3) is 6.29. The monoisotopic (exact) mass is 463 g/mol. The zero-order valence-corrected chi connectivity index (χ0v) is 20.8. The summed E-state index contributed by atoms with van der Waals surface area (Å²) < 4.78 is 0. The number of carbonyl (C=O) groups excluding carboxylic acids is 1. The van der Waals surface area contributed by atoms with Crippen LogP contribution in [0, 0.1) is 17.8 Å². The number of amides is 1. The molecule has 0 aromatic rings. The Labute approximate surface area is 200 Å². The second-order valence-corrected chi connectivity index (χ2v) is 11.7. The van der Waals surface area contributed by atoms with Gasteiger partial charge in [0.25, 0.3) is 0 Å². The van der Waals surface area contributed by atoms with Crippen LogP contribution in [0.4, 0.5) is 0 Å². The number of quaternary nitrogens is 2. The van der Waals surface area contributed by atoms with Gasteiger partial charge in [-0.05, 0) is 50.4 Å². The maximum Gasteiger partial charge on any atom is 0.222 e. The Morgan fingerprint density at radius 1 is 0.909 bits per heavy atom. The van der Waals surface area contributed by atoms with Crippen molar-refractivity contribution in [3.05, 3.63) is 0 Å². The van der Waals surface area contributed by atoms with Crippen LogP contribution in [-0.4, -0.2) is 79.8 Å². The molecular formula is C26H49N5O2+2. The van der Waals surface area contributed by atoms with E-state index in [9.17, 15) is 4.79 Å². The van der Waals surface area contributed by atoms with Crippen molar-refractivity contribution in [1.82, 2.24) is 15.3 Å². The molecule has 0 spiro atoms. The third-order valence-electron chi connectivity index (χ3n) is 9.51. The summed E-state index contributed by atoms with van der Waals surface area (Å²) in [6.45, 7) is 7.59. The van der Waals surface area contributed by atoms with E-state index in [2.05, 4.69) is 25.9 Å². The number of carbonyl (C=O) groups is 1. The van der Waals surface area contributed by atoms with Crippen molar-refractivity contribution in [3.8, 4) is 0 Å². The molecule has 0 radical (unpaired) electrons. The number of nitrogens with two attached hydrogens (primary N) is 2. The molecule has 0 aromatic carbocycles. The molecule has 5 fully saturated rings. The lowest BCUT2D eigenvalue weighted by atomic mass is 9.78. The molecule has 0 aromatic heterocycles. The largest absolute Gasteiger partial charge is 0.346 e. The number of piperidine rings is 2. The number of piperazine rings is 1. The molecule has 7 nitrogen and oxygen atoms in total. The van der Waals surface area contributed by atoms with Gasteiger partial charge in [0.2, 0.25) is 5.91 Å². The Balaban J connectivity index is 1.07. The second kappa shape index (κ2) is 11.8. The van der Waals surface area contributed by atoms with Crippen molar-refractivity contribution in [2.45, 2.75) is 95.4 Å². The van der Waals surface area contributed by atoms with Gasteiger partial charge in [0.15, 0.2) is 0 Å². The smallest absolute Gasteiger partial charge is 0.222 e. The lowest BCUT2D eigenvalue weighted by Crippen LogP contribution is -2.95. The Morgan fingerprint density at radius 2 is 1.73 bits per heavy atom. The highest BCUT2D eigenvalue weighted by Crippen LogP contribution is 2.34. The van der Waals surface area contributed by atoms with E-state index in [0.29, 0.717) is 36.1 Å². The van der Waals surface area contributed by atoms with E-state index in [1.165, 1.54) is 90.3 Å². The Morgan fingerprint density at radius 3 is 2.52 bits per heavy atom. The van der Waals surface area contributed by atoms with Crippen LogP contribution in [0.25, 0.3) is 0 Å². The van der Waals surface area contributed by atoms with Gasteiger partial charge in [-0.1, -0.05) is 19.3 Å². The number of nitrogens with zero attached hydrogens (tertiary/aromatic N) is 2. The maximum atomic E-state index is 13.2. The molecule has 7 heteroatoms. The van der Waals surface area contributed by atoms with Gasteiger partial charge in [-0.25, -0.2) is 0 Å². The van der Waals surface area contributed by atoms with E-state index in [0.717, 1.165) is 38.5 Å². The number of hydrogen-bond donors (Lipinski definition) is 3. The van der Waals surface area contributed by atoms with Crippen molar-refractivity contribution in [3.63, 3.8) is 0 Å². The molecule has 1 amide bonds. The minimum atomic E-state index is 0.412. The Kier molecular flexibility index (Phi) is 8.58. The van der Waals surface area contributed by atoms with E-state index in [-0.39, 0.29) is 0 Å². The maximum absolute atomic E-state index is 13.2. The molecular weight excluding hydrogens is 414 g/mol. The minimum absolute atomic E-state index is 0.412. The Hall–Kier alpha value is -0.730. The lowest BCUT2D eigenvalue weighted by molar-refractivity contribution is -0.717. The van der Waals surface area contributed by atoms with Gasteiger partial charge in [0.1, 0.15) is 6.17 Å². The van der Waals surface area contributed by atoms with E-state index in [4.69, 9.17) is 4.84 Å². The molecule has 33 heavy (non-hydrogen) atoms. The fourth-order valence-corrected chi connectivity index (χ4v) is 7.43. The summed E-state index contributed by atoms with van der Waals surface area (Å²) in [5.41, 5.74) is 3.41. The van der Waals surface area contributed by atoms with Gasteiger partial charge in [-0.3, -0.25) is 14.5 Å². The van der Waals surface area contributed by atoms with E-state index >= 15 is 0 Å². The molecule has 1 aliphatic carbocycles. The summed E-state index contributed by atoms with van der Waals surface area (Å²) >= 11 is 0. The van der Waals surface area contributed by atoms with Crippen LogP contribution >= 0.6 is 0 Å². The van der Waals surface area contributed by atoms with Gasteiger partial charge >= 0.3 is 0 Å². The second-order valence-electron chi connectivity index (χ2n) is 11.7. The van der Waals surface area contributed by atoms with Gasteiger partial charge in [-0.15, -0.1) is 0 Å². The predicted molar refractivity (Wildman–Crippen MR) is 128 cm³/mol. The topological polar surface area (TPSA) is 78.0 Å². The van der Waals surface area contributed by atoms with Crippen molar-refractivity contribution < 1.29 is 20.3 Å². The quantitative estimate of drug-likeness (QED) is 0.534. The molecule has 3 unspecified atom stereocenters. The molecule has 5 N–H and O–H groups in total. The first-order valence-corrected chi connectivity index (χ1v) is 14.3. The highest BCUT2D eigenvalue weighted by molar-refractivity contribution is 5.76. The predicted octanol–water partition coefficient (Wildman–Crippen LogP) is 0.426. The fourth-order valence-electron chi connectivity index (χ4n) is 7.43. The van der Waals surface area contributed by atoms with Crippen LogP contribution in [0.1, 0.15) is 77.0 Å². The van der Waals surface area contributed by atoms with E-state index in [1.807, 2.05) is 0 Å². The summed E-state index contributed by atoms with van der Waals surface area (Å²) in [7, 11) is 0. The molecule has 4 saturated heterocycles. The van der Waals surface area contributed by atoms with Gasteiger partial charge in [-0.2, -0.15) is 5.48 Å². The summed E-state index contributed by atoms with van der Waals surface area (Å²) in [6.07, 6.45) is 16.3. The van der Waals surface area contributed by atoms with E-state index in [1.54, 1.807) is 0 Å². The van der Waals surface area contributed by atoms with Crippen LogP contribution in [0.3, 0.4) is 0 Å². The molecule has 5 rings (SSSR count). The lowest BCUT2D eigenvalue weighted by Gasteiger charge is -2.40.